The van der Waals surface area contributed by atoms with Crippen molar-refractivity contribution in [2.75, 3.05) is 0 Å². The Kier molecular flexibility index (Phi) is 14.9. The summed E-state index contributed by atoms with van der Waals surface area (Å²) in [6.07, 6.45) is 7.56. The zero-order chi connectivity index (χ0) is 48.8. The molecule has 0 spiro atoms. The Morgan fingerprint density at radius 1 is 0.394 bits per heavy atom. The zero-order valence-corrected chi connectivity index (χ0v) is 43.6. The van der Waals surface area contributed by atoms with Crippen molar-refractivity contribution in [3.05, 3.63) is 172 Å². The molecule has 6 nitrogen and oxygen atoms in total. The number of nitrogens with zero attached hydrogens (tertiary/aromatic N) is 4. The maximum atomic E-state index is 13.8. The number of allylic oxidation sites excluding steroid dienone is 10. The smallest absolute Gasteiger partial charge is 0.186 e. The Balaban J connectivity index is 1.43. The summed E-state index contributed by atoms with van der Waals surface area (Å²) >= 11 is 40.4. The first kappa shape index (κ1) is 51.0. The molecule has 12 heteroatoms. The lowest BCUT2D eigenvalue weighted by Crippen LogP contribution is -2.28. The highest BCUT2D eigenvalue weighted by molar-refractivity contribution is 6.40. The fraction of sp³-hybridized carbons (Fsp3) is 0.296. The van der Waals surface area contributed by atoms with Crippen LogP contribution in [0.5, 0.6) is 0 Å². The third-order valence-electron chi connectivity index (χ3n) is 11.1. The molecule has 0 N–H and O–H groups in total. The van der Waals surface area contributed by atoms with Crippen molar-refractivity contribution in [2.24, 2.45) is 42.1 Å². The van der Waals surface area contributed by atoms with Gasteiger partial charge in [-0.15, -0.1) is 20.5 Å². The first-order valence-electron chi connectivity index (χ1n) is 21.3. The molecule has 0 atom stereocenters. The standard InChI is InChI=1S/C54H52Cl6N4O2/c1-51(2,3)37-21-31(22-38(49(37)65)52(4,5)6)47(29-13-17-33(55)18-14-29)63-61-45-27-41(57)35(25-43(45)59)36-26-44(60)46(28-42(36)58)62-64-48(30-15-19-34(56)20-16-30)32-23-39(53(7,8)9)50(66)40(24-32)54(10,11)12/h13-28H,1-12H3/b63-61+,64-62+. The lowest BCUT2D eigenvalue weighted by molar-refractivity contribution is -0.114. The van der Waals surface area contributed by atoms with Gasteiger partial charge in [0, 0.05) is 65.7 Å². The number of carbonyl (C=O) groups is 2. The van der Waals surface area contributed by atoms with E-state index in [2.05, 4.69) is 10.2 Å². The van der Waals surface area contributed by atoms with E-state index in [1.807, 2.05) is 132 Å². The van der Waals surface area contributed by atoms with E-state index in [1.165, 1.54) is 0 Å². The van der Waals surface area contributed by atoms with E-state index in [0.29, 0.717) is 76.3 Å². The Morgan fingerprint density at radius 2 is 0.667 bits per heavy atom. The number of Topliss-reactive ketones (excluding diaryl/α,β-unsaturated/α-hetero) is 2. The third kappa shape index (κ3) is 11.5. The van der Waals surface area contributed by atoms with Crippen molar-refractivity contribution in [3.8, 4) is 11.1 Å². The molecule has 4 aromatic carbocycles. The van der Waals surface area contributed by atoms with E-state index in [0.717, 1.165) is 22.3 Å². The molecule has 0 saturated carbocycles. The predicted octanol–water partition coefficient (Wildman–Crippen LogP) is 19.3. The summed E-state index contributed by atoms with van der Waals surface area (Å²) in [6, 6.07) is 21.1. The largest absolute Gasteiger partial charge is 0.289 e. The minimum absolute atomic E-state index is 0.00360. The van der Waals surface area contributed by atoms with Crippen LogP contribution in [0.3, 0.4) is 0 Å². The average molecular weight is 1000 g/mol. The molecule has 66 heavy (non-hydrogen) atoms. The number of ketones is 2. The van der Waals surface area contributed by atoms with E-state index < -0.39 is 21.7 Å². The van der Waals surface area contributed by atoms with E-state index in [4.69, 9.17) is 79.8 Å². The molecule has 0 radical (unpaired) electrons. The van der Waals surface area contributed by atoms with Crippen molar-refractivity contribution in [3.63, 3.8) is 0 Å². The topological polar surface area (TPSA) is 83.6 Å². The second-order valence-corrected chi connectivity index (χ2v) is 23.0. The molecule has 0 aliphatic heterocycles. The number of carbonyl (C=O) groups excluding carboxylic acids is 2. The summed E-state index contributed by atoms with van der Waals surface area (Å²) in [5.41, 5.74) is 6.46. The van der Waals surface area contributed by atoms with Gasteiger partial charge in [0.15, 0.2) is 11.6 Å². The van der Waals surface area contributed by atoms with Crippen LogP contribution in [0, 0.1) is 21.7 Å². The Bertz CT molecular complexity index is 2630. The van der Waals surface area contributed by atoms with Gasteiger partial charge in [0.25, 0.3) is 0 Å². The van der Waals surface area contributed by atoms with E-state index >= 15 is 0 Å². The maximum Gasteiger partial charge on any atom is 0.186 e. The molecule has 0 heterocycles. The highest BCUT2D eigenvalue weighted by atomic mass is 35.5. The van der Waals surface area contributed by atoms with Gasteiger partial charge in [0.1, 0.15) is 22.8 Å². The number of benzene rings is 4. The third-order valence-corrected chi connectivity index (χ3v) is 12.8. The number of halogens is 6. The van der Waals surface area contributed by atoms with Crippen LogP contribution in [-0.2, 0) is 9.59 Å². The van der Waals surface area contributed by atoms with E-state index in [1.54, 1.807) is 48.5 Å². The fourth-order valence-corrected chi connectivity index (χ4v) is 8.56. The molecule has 0 saturated heterocycles. The van der Waals surface area contributed by atoms with Crippen molar-refractivity contribution in [1.29, 1.82) is 0 Å². The normalized spacial score (nSPS) is 15.4. The van der Waals surface area contributed by atoms with Crippen LogP contribution in [0.2, 0.25) is 30.1 Å². The monoisotopic (exact) mass is 998 g/mol. The molecule has 0 amide bonds. The molecular formula is C54H52Cl6N4O2. The number of hydrogen-bond donors (Lipinski definition) is 0. The zero-order valence-electron chi connectivity index (χ0n) is 39.1. The van der Waals surface area contributed by atoms with E-state index in [-0.39, 0.29) is 21.6 Å². The SMILES string of the molecule is CC(C)(C)C1=CC(=C(/N=N/c2cc(Cl)c(-c3cc(Cl)c(/N=N/C(=C4C=C(C(C)(C)C)C(=O)C(C(C)(C)C)=C4)c4ccc(Cl)cc4)cc3Cl)cc2Cl)c2ccc(Cl)cc2)C=C(C(C)(C)C)C1=O. The van der Waals surface area contributed by atoms with Crippen LogP contribution in [0.25, 0.3) is 22.5 Å². The minimum Gasteiger partial charge on any atom is -0.289 e. The first-order valence-corrected chi connectivity index (χ1v) is 23.6. The van der Waals surface area contributed by atoms with Crippen LogP contribution in [0.4, 0.5) is 11.4 Å². The number of rotatable bonds is 7. The molecule has 0 fully saturated rings. The predicted molar refractivity (Wildman–Crippen MR) is 278 cm³/mol. The summed E-state index contributed by atoms with van der Waals surface area (Å²) in [7, 11) is 0. The van der Waals surface area contributed by atoms with Gasteiger partial charge in [-0.05, 0) is 94.5 Å². The van der Waals surface area contributed by atoms with Crippen molar-refractivity contribution in [1.82, 2.24) is 0 Å². The fourth-order valence-electron chi connectivity index (χ4n) is 7.39. The molecular weight excluding hydrogens is 949 g/mol. The summed E-state index contributed by atoms with van der Waals surface area (Å²) < 4.78 is 0. The molecule has 0 aromatic heterocycles. The Labute approximate surface area is 418 Å². The van der Waals surface area contributed by atoms with Gasteiger partial charge >= 0.3 is 0 Å². The molecule has 2 aliphatic rings. The molecule has 6 rings (SSSR count). The summed E-state index contributed by atoms with van der Waals surface area (Å²) in [5, 5.41) is 21.0. The van der Waals surface area contributed by atoms with Gasteiger partial charge in [0.2, 0.25) is 0 Å². The van der Waals surface area contributed by atoms with Crippen LogP contribution < -0.4 is 0 Å². The van der Waals surface area contributed by atoms with Gasteiger partial charge < -0.3 is 0 Å². The quantitative estimate of drug-likeness (QED) is 0.173. The van der Waals surface area contributed by atoms with Crippen LogP contribution in [0.15, 0.2) is 151 Å². The van der Waals surface area contributed by atoms with Crippen molar-refractivity contribution < 1.29 is 9.59 Å². The summed E-state index contributed by atoms with van der Waals surface area (Å²) in [4.78, 5) is 27.6. The lowest BCUT2D eigenvalue weighted by Gasteiger charge is -2.31. The number of hydrogen-bond acceptors (Lipinski definition) is 6. The number of azo groups is 2. The summed E-state index contributed by atoms with van der Waals surface area (Å²) in [5.74, 6) is 0.00721. The second-order valence-electron chi connectivity index (χ2n) is 20.5. The van der Waals surface area contributed by atoms with E-state index in [9.17, 15) is 9.59 Å². The summed E-state index contributed by atoms with van der Waals surface area (Å²) in [6.45, 7) is 24.2. The van der Waals surface area contributed by atoms with Crippen molar-refractivity contribution >= 4 is 104 Å². The van der Waals surface area contributed by atoms with Gasteiger partial charge in [0.05, 0.1) is 20.1 Å². The van der Waals surface area contributed by atoms with Gasteiger partial charge in [-0.2, -0.15) is 0 Å². The molecule has 0 unspecified atom stereocenters. The molecule has 342 valence electrons. The van der Waals surface area contributed by atoms with Crippen LogP contribution in [-0.4, -0.2) is 11.6 Å². The highest BCUT2D eigenvalue weighted by Crippen LogP contribution is 2.46. The maximum absolute atomic E-state index is 13.8. The van der Waals surface area contributed by atoms with Gasteiger partial charge in [-0.1, -0.05) is 177 Å². The first-order chi connectivity index (χ1) is 30.5. The minimum atomic E-state index is -0.440. The van der Waals surface area contributed by atoms with Crippen LogP contribution in [0.1, 0.15) is 94.2 Å². The second kappa shape index (κ2) is 19.3. The van der Waals surface area contributed by atoms with Crippen molar-refractivity contribution in [2.45, 2.75) is 83.1 Å². The van der Waals surface area contributed by atoms with Crippen LogP contribution >= 0.6 is 69.6 Å². The van der Waals surface area contributed by atoms with Gasteiger partial charge in [-0.3, -0.25) is 9.59 Å². The molecule has 4 aromatic rings. The Morgan fingerprint density at radius 3 is 0.924 bits per heavy atom. The molecule has 0 bridgehead atoms. The highest BCUT2D eigenvalue weighted by Gasteiger charge is 2.36. The van der Waals surface area contributed by atoms with Gasteiger partial charge in [-0.25, -0.2) is 0 Å². The Hall–Kier alpha value is -4.40. The average Bonchev–Trinajstić information content (AvgIpc) is 3.20. The molecule has 2 aliphatic carbocycles. The lowest BCUT2D eigenvalue weighted by atomic mass is 9.71.